The molecule has 0 bridgehead atoms. The Morgan fingerprint density at radius 1 is 1.58 bits per heavy atom. The van der Waals surface area contributed by atoms with E-state index < -0.39 is 32.6 Å². The third-order valence-corrected chi connectivity index (χ3v) is 2.35. The summed E-state index contributed by atoms with van der Waals surface area (Å²) in [6.07, 6.45) is 0. The number of nitrogens with zero attached hydrogens (tertiary/aromatic N) is 1. The van der Waals surface area contributed by atoms with Crippen LogP contribution in [-0.4, -0.2) is 34.5 Å². The van der Waals surface area contributed by atoms with Gasteiger partial charge in [-0.2, -0.15) is 0 Å². The monoisotopic (exact) mass is 214 g/mol. The molecule has 0 aliphatic carbocycles. The van der Waals surface area contributed by atoms with Gasteiger partial charge >= 0.3 is 0 Å². The average Bonchev–Trinajstić information content (AvgIpc) is 1.98. The molecule has 0 aliphatic heterocycles. The fourth-order valence-corrected chi connectivity index (χ4v) is 0.725. The molecule has 4 N–H and O–H groups in total. The maximum Gasteiger partial charge on any atom is 0.222 e. The van der Waals surface area contributed by atoms with Crippen LogP contribution in [0.3, 0.4) is 0 Å². The van der Waals surface area contributed by atoms with E-state index in [0.29, 0.717) is 0 Å². The SMILES string of the molecule is CC(CN=C(N)S(=O)O)S(=O)O. The van der Waals surface area contributed by atoms with Crippen molar-refractivity contribution in [2.75, 3.05) is 6.54 Å². The Balaban J connectivity index is 4.04. The highest BCUT2D eigenvalue weighted by Gasteiger charge is 2.08. The van der Waals surface area contributed by atoms with E-state index in [-0.39, 0.29) is 6.54 Å². The average molecular weight is 214 g/mol. The van der Waals surface area contributed by atoms with Gasteiger partial charge < -0.3 is 10.3 Å². The summed E-state index contributed by atoms with van der Waals surface area (Å²) in [5, 5.41) is -1.03. The molecule has 8 heteroatoms. The second-order valence-corrected chi connectivity index (χ2v) is 4.29. The second-order valence-electron chi connectivity index (χ2n) is 2.01. The molecule has 0 rings (SSSR count). The lowest BCUT2D eigenvalue weighted by Gasteiger charge is -2.01. The molecule has 12 heavy (non-hydrogen) atoms. The van der Waals surface area contributed by atoms with Crippen molar-refractivity contribution >= 4 is 27.3 Å². The number of aliphatic imine (C=N–C) groups is 1. The van der Waals surface area contributed by atoms with Crippen LogP contribution in [0.4, 0.5) is 0 Å². The minimum absolute atomic E-state index is 0.0404. The van der Waals surface area contributed by atoms with Gasteiger partial charge in [-0.25, -0.2) is 8.42 Å². The molecule has 6 nitrogen and oxygen atoms in total. The van der Waals surface area contributed by atoms with Gasteiger partial charge in [0.2, 0.25) is 16.2 Å². The van der Waals surface area contributed by atoms with E-state index >= 15 is 0 Å². The van der Waals surface area contributed by atoms with Crippen molar-refractivity contribution in [3.63, 3.8) is 0 Å². The van der Waals surface area contributed by atoms with Gasteiger partial charge in [0.1, 0.15) is 0 Å². The minimum Gasteiger partial charge on any atom is -0.375 e. The van der Waals surface area contributed by atoms with Gasteiger partial charge in [0.15, 0.2) is 11.1 Å². The van der Waals surface area contributed by atoms with Crippen LogP contribution in [0.5, 0.6) is 0 Å². The van der Waals surface area contributed by atoms with Crippen LogP contribution in [0.25, 0.3) is 0 Å². The van der Waals surface area contributed by atoms with Crippen molar-refractivity contribution in [1.29, 1.82) is 0 Å². The quantitative estimate of drug-likeness (QED) is 0.321. The molecule has 0 spiro atoms. The molecular weight excluding hydrogens is 204 g/mol. The van der Waals surface area contributed by atoms with E-state index in [1.165, 1.54) is 6.92 Å². The predicted molar refractivity (Wildman–Crippen MR) is 47.5 cm³/mol. The summed E-state index contributed by atoms with van der Waals surface area (Å²) in [6, 6.07) is 0. The van der Waals surface area contributed by atoms with Crippen LogP contribution < -0.4 is 5.73 Å². The summed E-state index contributed by atoms with van der Waals surface area (Å²) in [7, 11) is 0. The zero-order valence-electron chi connectivity index (χ0n) is 6.34. The van der Waals surface area contributed by atoms with Crippen molar-refractivity contribution in [1.82, 2.24) is 0 Å². The van der Waals surface area contributed by atoms with Gasteiger partial charge in [-0.3, -0.25) is 9.55 Å². The molecule has 0 heterocycles. The highest BCUT2D eigenvalue weighted by molar-refractivity contribution is 7.95. The first-order valence-electron chi connectivity index (χ1n) is 2.95. The predicted octanol–water partition coefficient (Wildman–Crippen LogP) is -0.867. The summed E-state index contributed by atoms with van der Waals surface area (Å²) in [5.41, 5.74) is 4.98. The van der Waals surface area contributed by atoms with E-state index in [0.717, 1.165) is 0 Å². The van der Waals surface area contributed by atoms with Crippen molar-refractivity contribution < 1.29 is 17.5 Å². The van der Waals surface area contributed by atoms with Crippen LogP contribution in [0, 0.1) is 0 Å². The first kappa shape index (κ1) is 11.7. The number of rotatable bonds is 3. The first-order valence-corrected chi connectivity index (χ1v) is 5.23. The normalized spacial score (nSPS) is 20.1. The number of amidine groups is 1. The smallest absolute Gasteiger partial charge is 0.222 e. The molecule has 0 radical (unpaired) electrons. The third kappa shape index (κ3) is 4.54. The van der Waals surface area contributed by atoms with Gasteiger partial charge in [-0.15, -0.1) is 0 Å². The zero-order chi connectivity index (χ0) is 9.72. The molecule has 72 valence electrons. The van der Waals surface area contributed by atoms with Crippen LogP contribution in [0.15, 0.2) is 4.99 Å². The second kappa shape index (κ2) is 5.36. The summed E-state index contributed by atoms with van der Waals surface area (Å²) < 4.78 is 37.4. The van der Waals surface area contributed by atoms with Crippen molar-refractivity contribution in [2.24, 2.45) is 10.7 Å². The Morgan fingerprint density at radius 3 is 2.42 bits per heavy atom. The minimum atomic E-state index is -2.29. The lowest BCUT2D eigenvalue weighted by atomic mass is 10.5. The molecular formula is C4H10N2O4S2. The Kier molecular flexibility index (Phi) is 5.22. The van der Waals surface area contributed by atoms with E-state index in [1.54, 1.807) is 0 Å². The summed E-state index contributed by atoms with van der Waals surface area (Å²) >= 11 is -4.28. The van der Waals surface area contributed by atoms with Crippen molar-refractivity contribution in [3.8, 4) is 0 Å². The molecule has 0 aromatic heterocycles. The molecule has 0 saturated carbocycles. The summed E-state index contributed by atoms with van der Waals surface area (Å²) in [6.45, 7) is 1.44. The third-order valence-electron chi connectivity index (χ3n) is 1.03. The Labute approximate surface area is 74.8 Å². The lowest BCUT2D eigenvalue weighted by molar-refractivity contribution is 0.551. The Hall–Kier alpha value is -0.310. The van der Waals surface area contributed by atoms with Crippen LogP contribution in [0.2, 0.25) is 0 Å². The van der Waals surface area contributed by atoms with Gasteiger partial charge in [-0.1, -0.05) is 0 Å². The zero-order valence-corrected chi connectivity index (χ0v) is 7.97. The number of hydrogen-bond acceptors (Lipinski definition) is 3. The van der Waals surface area contributed by atoms with Crippen molar-refractivity contribution in [3.05, 3.63) is 0 Å². The molecule has 0 amide bonds. The van der Waals surface area contributed by atoms with Crippen molar-refractivity contribution in [2.45, 2.75) is 12.2 Å². The Bertz CT molecular complexity index is 229. The topological polar surface area (TPSA) is 113 Å². The molecule has 0 aromatic carbocycles. The van der Waals surface area contributed by atoms with Gasteiger partial charge in [0.25, 0.3) is 0 Å². The van der Waals surface area contributed by atoms with Crippen LogP contribution in [-0.2, 0) is 22.2 Å². The largest absolute Gasteiger partial charge is 0.375 e. The Morgan fingerprint density at radius 2 is 2.08 bits per heavy atom. The molecule has 0 aromatic rings. The fourth-order valence-electron chi connectivity index (χ4n) is 0.338. The molecule has 3 unspecified atom stereocenters. The van der Waals surface area contributed by atoms with Gasteiger partial charge in [0, 0.05) is 0 Å². The molecule has 0 fully saturated rings. The maximum absolute atomic E-state index is 10.3. The van der Waals surface area contributed by atoms with E-state index in [9.17, 15) is 8.42 Å². The maximum atomic E-state index is 10.3. The fraction of sp³-hybridized carbons (Fsp3) is 0.750. The van der Waals surface area contributed by atoms with E-state index in [4.69, 9.17) is 14.8 Å². The molecule has 0 saturated heterocycles. The number of nitrogens with two attached hydrogens (primary N) is 1. The van der Waals surface area contributed by atoms with E-state index in [1.807, 2.05) is 0 Å². The standard InChI is InChI=1S/C4H10N2O4S2/c1-3(11(7)8)2-6-4(5)12(9)10/h3H,2H2,1H3,(H2,5,6)(H,7,8)(H,9,10). The molecule has 3 atom stereocenters. The summed E-state index contributed by atoms with van der Waals surface area (Å²) in [4.78, 5) is 3.44. The lowest BCUT2D eigenvalue weighted by Crippen LogP contribution is -2.21. The number of hydrogen-bond donors (Lipinski definition) is 3. The van der Waals surface area contributed by atoms with Crippen LogP contribution in [0.1, 0.15) is 6.92 Å². The molecule has 0 aliphatic rings. The van der Waals surface area contributed by atoms with Crippen LogP contribution >= 0.6 is 0 Å². The van der Waals surface area contributed by atoms with E-state index in [2.05, 4.69) is 4.99 Å². The van der Waals surface area contributed by atoms with Gasteiger partial charge in [-0.05, 0) is 6.92 Å². The highest BCUT2D eigenvalue weighted by atomic mass is 32.2. The first-order chi connectivity index (χ1) is 5.45. The van der Waals surface area contributed by atoms with Gasteiger partial charge in [0.05, 0.1) is 11.8 Å². The summed E-state index contributed by atoms with van der Waals surface area (Å²) in [5.74, 6) is 0. The highest BCUT2D eigenvalue weighted by Crippen LogP contribution is 1.92.